The topological polar surface area (TPSA) is 67.2 Å². The summed E-state index contributed by atoms with van der Waals surface area (Å²) in [6.45, 7) is 0.749. The summed E-state index contributed by atoms with van der Waals surface area (Å²) in [4.78, 5) is 11.9. The van der Waals surface area contributed by atoms with Crippen molar-refractivity contribution in [3.05, 3.63) is 48.0 Å². The first-order valence-electron chi connectivity index (χ1n) is 6.99. The lowest BCUT2D eigenvalue weighted by Crippen LogP contribution is -2.26. The van der Waals surface area contributed by atoms with Gasteiger partial charge in [-0.25, -0.2) is 9.07 Å². The highest BCUT2D eigenvalue weighted by molar-refractivity contribution is 7.99. The molecule has 2 rings (SSSR count). The van der Waals surface area contributed by atoms with E-state index in [1.165, 1.54) is 16.8 Å². The summed E-state index contributed by atoms with van der Waals surface area (Å²) in [6, 6.07) is 7.52. The molecule has 0 fully saturated rings. The largest absolute Gasteiger partial charge is 0.396 e. The van der Waals surface area contributed by atoms with E-state index in [2.05, 4.69) is 10.4 Å². The highest BCUT2D eigenvalue weighted by Crippen LogP contribution is 2.09. The molecule has 22 heavy (non-hydrogen) atoms. The van der Waals surface area contributed by atoms with Gasteiger partial charge in [-0.05, 0) is 42.5 Å². The van der Waals surface area contributed by atoms with E-state index in [9.17, 15) is 9.18 Å². The number of aromatic nitrogens is 2. The van der Waals surface area contributed by atoms with Crippen LogP contribution in [0.25, 0.3) is 5.69 Å². The molecule has 0 bridgehead atoms. The lowest BCUT2D eigenvalue weighted by atomic mass is 10.3. The van der Waals surface area contributed by atoms with Gasteiger partial charge in [0.25, 0.3) is 5.91 Å². The van der Waals surface area contributed by atoms with Gasteiger partial charge in [0.05, 0.1) is 5.69 Å². The number of halogens is 1. The maximum atomic E-state index is 12.9. The molecule has 2 N–H and O–H groups in total. The van der Waals surface area contributed by atoms with E-state index in [0.717, 1.165) is 17.9 Å². The Balaban J connectivity index is 1.83. The molecule has 0 radical (unpaired) electrons. The van der Waals surface area contributed by atoms with E-state index >= 15 is 0 Å². The van der Waals surface area contributed by atoms with Crippen LogP contribution in [0.2, 0.25) is 0 Å². The smallest absolute Gasteiger partial charge is 0.271 e. The van der Waals surface area contributed by atoms with Gasteiger partial charge >= 0.3 is 0 Å². The standard InChI is InChI=1S/C15H18FN3O2S/c16-12-2-4-13(5-3-12)19-8-6-14(18-19)15(21)17-7-11-22-10-1-9-20/h2-6,8,20H,1,7,9-11H2,(H,17,21). The van der Waals surface area contributed by atoms with Gasteiger partial charge in [0.1, 0.15) is 5.82 Å². The summed E-state index contributed by atoms with van der Waals surface area (Å²) in [5, 5.41) is 15.6. The number of nitrogens with one attached hydrogen (secondary N) is 1. The maximum absolute atomic E-state index is 12.9. The minimum atomic E-state index is -0.312. The summed E-state index contributed by atoms with van der Waals surface area (Å²) < 4.78 is 14.4. The lowest BCUT2D eigenvalue weighted by Gasteiger charge is -2.03. The van der Waals surface area contributed by atoms with Gasteiger partial charge in [0.15, 0.2) is 5.69 Å². The third-order valence-corrected chi connectivity index (χ3v) is 3.96. The zero-order chi connectivity index (χ0) is 15.8. The van der Waals surface area contributed by atoms with Crippen molar-refractivity contribution in [2.75, 3.05) is 24.7 Å². The highest BCUT2D eigenvalue weighted by atomic mass is 32.2. The molecule has 0 aliphatic rings. The maximum Gasteiger partial charge on any atom is 0.271 e. The molecular formula is C15H18FN3O2S. The van der Waals surface area contributed by atoms with Crippen LogP contribution in [-0.2, 0) is 0 Å². The second kappa shape index (κ2) is 8.55. The van der Waals surface area contributed by atoms with E-state index in [4.69, 9.17) is 5.11 Å². The lowest BCUT2D eigenvalue weighted by molar-refractivity contribution is 0.0951. The fourth-order valence-electron chi connectivity index (χ4n) is 1.78. The number of aliphatic hydroxyl groups excluding tert-OH is 1. The van der Waals surface area contributed by atoms with Crippen LogP contribution in [0.1, 0.15) is 16.9 Å². The van der Waals surface area contributed by atoms with Crippen LogP contribution in [-0.4, -0.2) is 45.5 Å². The van der Waals surface area contributed by atoms with E-state index in [1.807, 2.05) is 0 Å². The number of amides is 1. The molecule has 1 heterocycles. The van der Waals surface area contributed by atoms with Crippen molar-refractivity contribution in [1.82, 2.24) is 15.1 Å². The molecule has 1 aromatic heterocycles. The third kappa shape index (κ3) is 4.85. The Hall–Kier alpha value is -1.86. The summed E-state index contributed by atoms with van der Waals surface area (Å²) >= 11 is 1.68. The number of hydrogen-bond donors (Lipinski definition) is 2. The molecule has 0 unspecified atom stereocenters. The van der Waals surface area contributed by atoms with Crippen LogP contribution in [0, 0.1) is 5.82 Å². The monoisotopic (exact) mass is 323 g/mol. The Kier molecular flexibility index (Phi) is 6.42. The molecule has 2 aromatic rings. The molecule has 0 saturated carbocycles. The molecule has 0 spiro atoms. The fourth-order valence-corrected chi connectivity index (χ4v) is 2.56. The Labute approximate surface area is 132 Å². The number of nitrogens with zero attached hydrogens (tertiary/aromatic N) is 2. The van der Waals surface area contributed by atoms with Crippen LogP contribution in [0.15, 0.2) is 36.5 Å². The number of carbonyl (C=O) groups is 1. The van der Waals surface area contributed by atoms with E-state index in [-0.39, 0.29) is 18.3 Å². The van der Waals surface area contributed by atoms with Crippen LogP contribution in [0.3, 0.4) is 0 Å². The van der Waals surface area contributed by atoms with Gasteiger partial charge in [0, 0.05) is 25.1 Å². The molecule has 1 aromatic carbocycles. The molecule has 0 aliphatic heterocycles. The summed E-state index contributed by atoms with van der Waals surface area (Å²) in [5.41, 5.74) is 1.02. The quantitative estimate of drug-likeness (QED) is 0.728. The average molecular weight is 323 g/mol. The van der Waals surface area contributed by atoms with Crippen LogP contribution < -0.4 is 5.32 Å². The number of benzene rings is 1. The summed E-state index contributed by atoms with van der Waals surface area (Å²) in [5.74, 6) is 1.13. The molecule has 0 saturated heterocycles. The molecule has 7 heteroatoms. The fraction of sp³-hybridized carbons (Fsp3) is 0.333. The van der Waals surface area contributed by atoms with Crippen molar-refractivity contribution in [2.24, 2.45) is 0 Å². The summed E-state index contributed by atoms with van der Waals surface area (Å²) in [7, 11) is 0. The zero-order valence-corrected chi connectivity index (χ0v) is 12.9. The molecule has 0 atom stereocenters. The minimum absolute atomic E-state index is 0.195. The van der Waals surface area contributed by atoms with Crippen LogP contribution in [0.4, 0.5) is 4.39 Å². The Morgan fingerprint density at radius 1 is 1.27 bits per heavy atom. The van der Waals surface area contributed by atoms with Gasteiger partial charge in [-0.15, -0.1) is 0 Å². The normalized spacial score (nSPS) is 10.6. The number of carbonyl (C=O) groups excluding carboxylic acids is 1. The van der Waals surface area contributed by atoms with E-state index in [0.29, 0.717) is 17.9 Å². The predicted molar refractivity (Wildman–Crippen MR) is 84.9 cm³/mol. The Morgan fingerprint density at radius 2 is 2.05 bits per heavy atom. The number of rotatable bonds is 8. The number of thioether (sulfide) groups is 1. The SMILES string of the molecule is O=C(NCCSCCCO)c1ccn(-c2ccc(F)cc2)n1. The highest BCUT2D eigenvalue weighted by Gasteiger charge is 2.09. The van der Waals surface area contributed by atoms with Gasteiger partial charge in [-0.2, -0.15) is 16.9 Å². The van der Waals surface area contributed by atoms with Crippen molar-refractivity contribution < 1.29 is 14.3 Å². The van der Waals surface area contributed by atoms with Crippen LogP contribution in [0.5, 0.6) is 0 Å². The second-order valence-electron chi connectivity index (χ2n) is 4.57. The van der Waals surface area contributed by atoms with Gasteiger partial charge in [-0.3, -0.25) is 4.79 Å². The van der Waals surface area contributed by atoms with E-state index < -0.39 is 0 Å². The zero-order valence-electron chi connectivity index (χ0n) is 12.0. The van der Waals surface area contributed by atoms with Crippen molar-refractivity contribution in [3.63, 3.8) is 0 Å². The van der Waals surface area contributed by atoms with E-state index in [1.54, 1.807) is 36.2 Å². The second-order valence-corrected chi connectivity index (χ2v) is 5.79. The molecule has 118 valence electrons. The molecule has 5 nitrogen and oxygen atoms in total. The van der Waals surface area contributed by atoms with Crippen LogP contribution >= 0.6 is 11.8 Å². The first-order valence-corrected chi connectivity index (χ1v) is 8.14. The molecular weight excluding hydrogens is 305 g/mol. The van der Waals surface area contributed by atoms with Crippen molar-refractivity contribution in [1.29, 1.82) is 0 Å². The van der Waals surface area contributed by atoms with Crippen molar-refractivity contribution in [3.8, 4) is 5.69 Å². The third-order valence-electron chi connectivity index (χ3n) is 2.89. The number of hydrogen-bond acceptors (Lipinski definition) is 4. The van der Waals surface area contributed by atoms with Gasteiger partial charge in [0.2, 0.25) is 0 Å². The van der Waals surface area contributed by atoms with Crippen molar-refractivity contribution >= 4 is 17.7 Å². The van der Waals surface area contributed by atoms with Crippen molar-refractivity contribution in [2.45, 2.75) is 6.42 Å². The first-order chi connectivity index (χ1) is 10.7. The minimum Gasteiger partial charge on any atom is -0.396 e. The summed E-state index contributed by atoms with van der Waals surface area (Å²) in [6.07, 6.45) is 2.43. The van der Waals surface area contributed by atoms with Gasteiger partial charge in [-0.1, -0.05) is 0 Å². The number of aliphatic hydroxyl groups is 1. The molecule has 0 aliphatic carbocycles. The predicted octanol–water partition coefficient (Wildman–Crippen LogP) is 1.86. The first kappa shape index (κ1) is 16.5. The molecule has 1 amide bonds. The van der Waals surface area contributed by atoms with Gasteiger partial charge < -0.3 is 10.4 Å². The Bertz CT molecular complexity index is 601. The Morgan fingerprint density at radius 3 is 2.77 bits per heavy atom. The average Bonchev–Trinajstić information content (AvgIpc) is 3.01.